The average molecular weight is 266 g/mol. The highest BCUT2D eigenvalue weighted by Gasteiger charge is 2.09. The van der Waals surface area contributed by atoms with Crippen LogP contribution < -0.4 is 15.5 Å². The Morgan fingerprint density at radius 2 is 1.74 bits per heavy atom. The van der Waals surface area contributed by atoms with Gasteiger partial charge in [-0.2, -0.15) is 15.0 Å². The van der Waals surface area contributed by atoms with Crippen LogP contribution in [-0.4, -0.2) is 41.6 Å². The van der Waals surface area contributed by atoms with Crippen LogP contribution in [0.2, 0.25) is 0 Å². The molecule has 0 aromatic carbocycles. The minimum absolute atomic E-state index is 0.362. The van der Waals surface area contributed by atoms with E-state index in [2.05, 4.69) is 46.4 Å². The van der Waals surface area contributed by atoms with Gasteiger partial charge in [-0.1, -0.05) is 20.3 Å². The van der Waals surface area contributed by atoms with E-state index < -0.39 is 0 Å². The molecule has 0 amide bonds. The van der Waals surface area contributed by atoms with Crippen LogP contribution in [0, 0.1) is 0 Å². The maximum absolute atomic E-state index is 4.42. The molecule has 0 saturated heterocycles. The van der Waals surface area contributed by atoms with Crippen molar-refractivity contribution >= 4 is 17.8 Å². The van der Waals surface area contributed by atoms with Gasteiger partial charge in [-0.3, -0.25) is 0 Å². The van der Waals surface area contributed by atoms with E-state index in [-0.39, 0.29) is 0 Å². The fraction of sp³-hybridized carbons (Fsp3) is 0.769. The van der Waals surface area contributed by atoms with Crippen LogP contribution in [0.4, 0.5) is 17.8 Å². The first-order valence-corrected chi connectivity index (χ1v) is 7.00. The molecule has 1 aromatic heterocycles. The SMILES string of the molecule is CCCNc1nc(NC(C)CCC)nc(N(C)C)n1. The monoisotopic (exact) mass is 266 g/mol. The molecule has 6 heteroatoms. The Bertz CT molecular complexity index is 379. The van der Waals surface area contributed by atoms with Crippen molar-refractivity contribution in [1.82, 2.24) is 15.0 Å². The van der Waals surface area contributed by atoms with Crippen molar-refractivity contribution in [2.75, 3.05) is 36.2 Å². The molecule has 0 spiro atoms. The van der Waals surface area contributed by atoms with Gasteiger partial charge in [0.25, 0.3) is 0 Å². The van der Waals surface area contributed by atoms with E-state index in [4.69, 9.17) is 0 Å². The Kier molecular flexibility index (Phi) is 6.32. The molecule has 1 rings (SSSR count). The molecule has 2 N–H and O–H groups in total. The molecular weight excluding hydrogens is 240 g/mol. The Morgan fingerprint density at radius 3 is 2.32 bits per heavy atom. The fourth-order valence-corrected chi connectivity index (χ4v) is 1.67. The number of aromatic nitrogens is 3. The lowest BCUT2D eigenvalue weighted by Gasteiger charge is -2.16. The van der Waals surface area contributed by atoms with Gasteiger partial charge < -0.3 is 15.5 Å². The summed E-state index contributed by atoms with van der Waals surface area (Å²) in [4.78, 5) is 15.1. The molecule has 19 heavy (non-hydrogen) atoms. The highest BCUT2D eigenvalue weighted by molar-refractivity contribution is 5.43. The average Bonchev–Trinajstić information content (AvgIpc) is 2.36. The maximum atomic E-state index is 4.42. The van der Waals surface area contributed by atoms with Crippen LogP contribution in [0.1, 0.15) is 40.0 Å². The molecule has 6 nitrogen and oxygen atoms in total. The zero-order chi connectivity index (χ0) is 14.3. The molecule has 0 bridgehead atoms. The van der Waals surface area contributed by atoms with Crippen LogP contribution in [0.5, 0.6) is 0 Å². The Morgan fingerprint density at radius 1 is 1.05 bits per heavy atom. The second kappa shape index (κ2) is 7.76. The summed E-state index contributed by atoms with van der Waals surface area (Å²) in [5.74, 6) is 1.94. The first kappa shape index (κ1) is 15.5. The molecule has 0 fully saturated rings. The Labute approximate surface area is 116 Å². The van der Waals surface area contributed by atoms with Gasteiger partial charge in [-0.05, 0) is 19.8 Å². The standard InChI is InChI=1S/C13H26N6/c1-6-8-10(3)15-12-16-11(14-9-7-2)17-13(18-12)19(4)5/h10H,6-9H2,1-5H3,(H2,14,15,16,17,18). The van der Waals surface area contributed by atoms with Gasteiger partial charge in [-0.15, -0.1) is 0 Å². The third kappa shape index (κ3) is 5.28. The summed E-state index contributed by atoms with van der Waals surface area (Å²) >= 11 is 0. The molecule has 1 atom stereocenters. The van der Waals surface area contributed by atoms with Crippen molar-refractivity contribution < 1.29 is 0 Å². The maximum Gasteiger partial charge on any atom is 0.231 e. The smallest absolute Gasteiger partial charge is 0.231 e. The van der Waals surface area contributed by atoms with Gasteiger partial charge in [0, 0.05) is 26.7 Å². The second-order valence-corrected chi connectivity index (χ2v) is 4.94. The number of hydrogen-bond acceptors (Lipinski definition) is 6. The lowest BCUT2D eigenvalue weighted by molar-refractivity contribution is 0.682. The molecular formula is C13H26N6. The largest absolute Gasteiger partial charge is 0.354 e. The van der Waals surface area contributed by atoms with Crippen LogP contribution in [0.15, 0.2) is 0 Å². The summed E-state index contributed by atoms with van der Waals surface area (Å²) in [5.41, 5.74) is 0. The highest BCUT2D eigenvalue weighted by atomic mass is 15.3. The minimum Gasteiger partial charge on any atom is -0.354 e. The van der Waals surface area contributed by atoms with Gasteiger partial charge in [0.2, 0.25) is 17.8 Å². The Hall–Kier alpha value is -1.59. The molecule has 1 unspecified atom stereocenters. The lowest BCUT2D eigenvalue weighted by Crippen LogP contribution is -2.21. The van der Waals surface area contributed by atoms with E-state index in [1.807, 2.05) is 19.0 Å². The lowest BCUT2D eigenvalue weighted by atomic mass is 10.2. The number of hydrogen-bond donors (Lipinski definition) is 2. The molecule has 0 aliphatic rings. The van der Waals surface area contributed by atoms with Gasteiger partial charge in [0.1, 0.15) is 0 Å². The van der Waals surface area contributed by atoms with Crippen molar-refractivity contribution in [2.45, 2.75) is 46.1 Å². The van der Waals surface area contributed by atoms with E-state index in [1.54, 1.807) is 0 Å². The number of nitrogens with zero attached hydrogens (tertiary/aromatic N) is 4. The predicted molar refractivity (Wildman–Crippen MR) is 80.9 cm³/mol. The molecule has 0 aliphatic carbocycles. The van der Waals surface area contributed by atoms with Crippen LogP contribution in [-0.2, 0) is 0 Å². The van der Waals surface area contributed by atoms with Crippen molar-refractivity contribution in [2.24, 2.45) is 0 Å². The fourth-order valence-electron chi connectivity index (χ4n) is 1.67. The quantitative estimate of drug-likeness (QED) is 0.753. The van der Waals surface area contributed by atoms with E-state index in [1.165, 1.54) is 0 Å². The summed E-state index contributed by atoms with van der Waals surface area (Å²) in [6, 6.07) is 0.362. The van der Waals surface area contributed by atoms with Crippen molar-refractivity contribution in [3.05, 3.63) is 0 Å². The van der Waals surface area contributed by atoms with Crippen LogP contribution in [0.3, 0.4) is 0 Å². The summed E-state index contributed by atoms with van der Waals surface area (Å²) in [6.45, 7) is 7.29. The predicted octanol–water partition coefficient (Wildman–Crippen LogP) is 2.36. The summed E-state index contributed by atoms with van der Waals surface area (Å²) in [5, 5.41) is 6.53. The van der Waals surface area contributed by atoms with E-state index >= 15 is 0 Å². The van der Waals surface area contributed by atoms with Crippen LogP contribution >= 0.6 is 0 Å². The zero-order valence-corrected chi connectivity index (χ0v) is 12.7. The number of anilines is 3. The number of rotatable bonds is 8. The molecule has 0 radical (unpaired) electrons. The summed E-state index contributed by atoms with van der Waals surface area (Å²) in [7, 11) is 3.86. The highest BCUT2D eigenvalue weighted by Crippen LogP contribution is 2.13. The van der Waals surface area contributed by atoms with Gasteiger partial charge >= 0.3 is 0 Å². The molecule has 0 saturated carbocycles. The second-order valence-electron chi connectivity index (χ2n) is 4.94. The van der Waals surface area contributed by atoms with Gasteiger partial charge in [-0.25, -0.2) is 0 Å². The Balaban J connectivity index is 2.86. The van der Waals surface area contributed by atoms with Crippen molar-refractivity contribution in [1.29, 1.82) is 0 Å². The number of nitrogens with one attached hydrogen (secondary N) is 2. The molecule has 108 valence electrons. The topological polar surface area (TPSA) is 66.0 Å². The van der Waals surface area contributed by atoms with E-state index in [0.29, 0.717) is 23.9 Å². The van der Waals surface area contributed by atoms with E-state index in [0.717, 1.165) is 25.8 Å². The molecule has 0 aliphatic heterocycles. The summed E-state index contributed by atoms with van der Waals surface area (Å²) < 4.78 is 0. The van der Waals surface area contributed by atoms with E-state index in [9.17, 15) is 0 Å². The first-order chi connectivity index (χ1) is 9.06. The molecule has 1 aromatic rings. The van der Waals surface area contributed by atoms with Crippen molar-refractivity contribution in [3.8, 4) is 0 Å². The van der Waals surface area contributed by atoms with Gasteiger partial charge in [0.05, 0.1) is 0 Å². The third-order valence-corrected chi connectivity index (χ3v) is 2.65. The first-order valence-electron chi connectivity index (χ1n) is 7.00. The minimum atomic E-state index is 0.362. The third-order valence-electron chi connectivity index (χ3n) is 2.65. The normalized spacial score (nSPS) is 12.1. The molecule has 1 heterocycles. The van der Waals surface area contributed by atoms with Gasteiger partial charge in [0.15, 0.2) is 0 Å². The zero-order valence-electron chi connectivity index (χ0n) is 12.7. The van der Waals surface area contributed by atoms with Crippen LogP contribution in [0.25, 0.3) is 0 Å². The van der Waals surface area contributed by atoms with Crippen molar-refractivity contribution in [3.63, 3.8) is 0 Å². The summed E-state index contributed by atoms with van der Waals surface area (Å²) in [6.07, 6.45) is 3.28.